The summed E-state index contributed by atoms with van der Waals surface area (Å²) in [7, 11) is 0. The molecule has 0 aromatic heterocycles. The highest BCUT2D eigenvalue weighted by Crippen LogP contribution is 2.21. The molecule has 7 heteroatoms. The number of nitro benzene ring substituents is 1. The van der Waals surface area contributed by atoms with Crippen LogP contribution in [0, 0.1) is 33.2 Å². The van der Waals surface area contributed by atoms with Gasteiger partial charge >= 0.3 is 0 Å². The third-order valence-electron chi connectivity index (χ3n) is 3.36. The van der Waals surface area contributed by atoms with Crippen molar-refractivity contribution in [2.24, 2.45) is 5.92 Å². The zero-order chi connectivity index (χ0) is 14.7. The molecule has 0 saturated carbocycles. The maximum Gasteiger partial charge on any atom is 0.272 e. The molecule has 1 amide bonds. The second-order valence-electron chi connectivity index (χ2n) is 4.62. The fourth-order valence-corrected chi connectivity index (χ4v) is 2.17. The van der Waals surface area contributed by atoms with Gasteiger partial charge in [0, 0.05) is 25.1 Å². The number of hydrogen-bond donors (Lipinski definition) is 0. The summed E-state index contributed by atoms with van der Waals surface area (Å²) >= 11 is 0. The van der Waals surface area contributed by atoms with Crippen LogP contribution < -0.4 is 0 Å². The lowest BCUT2D eigenvalue weighted by molar-refractivity contribution is -0.385. The third-order valence-corrected chi connectivity index (χ3v) is 3.36. The second-order valence-corrected chi connectivity index (χ2v) is 4.62. The summed E-state index contributed by atoms with van der Waals surface area (Å²) in [4.78, 5) is 23.4. The van der Waals surface area contributed by atoms with Crippen molar-refractivity contribution in [1.29, 1.82) is 5.26 Å². The van der Waals surface area contributed by atoms with Gasteiger partial charge in [-0.15, -0.1) is 0 Å². The van der Waals surface area contributed by atoms with Crippen molar-refractivity contribution in [3.63, 3.8) is 0 Å². The van der Waals surface area contributed by atoms with E-state index in [4.69, 9.17) is 5.26 Å². The Morgan fingerprint density at radius 3 is 2.60 bits per heavy atom. The van der Waals surface area contributed by atoms with E-state index in [0.717, 1.165) is 18.2 Å². The van der Waals surface area contributed by atoms with Crippen LogP contribution in [0.2, 0.25) is 0 Å². The number of benzene rings is 1. The number of nitro groups is 1. The van der Waals surface area contributed by atoms with Crippen LogP contribution in [0.1, 0.15) is 23.2 Å². The molecule has 0 spiro atoms. The van der Waals surface area contributed by atoms with Crippen molar-refractivity contribution >= 4 is 11.6 Å². The van der Waals surface area contributed by atoms with Crippen LogP contribution in [0.25, 0.3) is 0 Å². The summed E-state index contributed by atoms with van der Waals surface area (Å²) in [5.74, 6) is -1.46. The molecule has 1 aliphatic heterocycles. The van der Waals surface area contributed by atoms with Crippen molar-refractivity contribution in [3.05, 3.63) is 39.7 Å². The van der Waals surface area contributed by atoms with E-state index in [9.17, 15) is 19.3 Å². The molecular weight excluding hydrogens is 265 g/mol. The van der Waals surface area contributed by atoms with Crippen LogP contribution in [0.5, 0.6) is 0 Å². The van der Waals surface area contributed by atoms with Crippen molar-refractivity contribution in [3.8, 4) is 6.07 Å². The molecule has 0 N–H and O–H groups in total. The van der Waals surface area contributed by atoms with Crippen LogP contribution in [0.3, 0.4) is 0 Å². The molecule has 2 rings (SSSR count). The SMILES string of the molecule is N#CC1CCN(C(=O)c2ccc([N+](=O)[O-])cc2F)CC1. The summed E-state index contributed by atoms with van der Waals surface area (Å²) in [6.45, 7) is 0.793. The number of nitriles is 1. The first kappa shape index (κ1) is 13.9. The standard InChI is InChI=1S/C13H12FN3O3/c14-12-7-10(17(19)20)1-2-11(12)13(18)16-5-3-9(8-15)4-6-16/h1-2,7,9H,3-6H2. The number of likely N-dealkylation sites (tertiary alicyclic amines) is 1. The van der Waals surface area contributed by atoms with Crippen molar-refractivity contribution < 1.29 is 14.1 Å². The molecule has 1 heterocycles. The maximum atomic E-state index is 13.8. The summed E-state index contributed by atoms with van der Waals surface area (Å²) in [5.41, 5.74) is -0.562. The Bertz CT molecular complexity index is 589. The van der Waals surface area contributed by atoms with Gasteiger partial charge in [0.2, 0.25) is 0 Å². The number of rotatable bonds is 2. The van der Waals surface area contributed by atoms with Gasteiger partial charge in [-0.05, 0) is 18.9 Å². The van der Waals surface area contributed by atoms with Gasteiger partial charge in [-0.25, -0.2) is 4.39 Å². The number of carbonyl (C=O) groups excluding carboxylic acids is 1. The Labute approximate surface area is 114 Å². The van der Waals surface area contributed by atoms with E-state index in [0.29, 0.717) is 25.9 Å². The van der Waals surface area contributed by atoms with Crippen molar-refractivity contribution in [2.75, 3.05) is 13.1 Å². The first-order chi connectivity index (χ1) is 9.52. The third kappa shape index (κ3) is 2.74. The summed E-state index contributed by atoms with van der Waals surface area (Å²) < 4.78 is 13.8. The molecule has 20 heavy (non-hydrogen) atoms. The van der Waals surface area contributed by atoms with E-state index in [2.05, 4.69) is 6.07 Å². The molecule has 0 bridgehead atoms. The zero-order valence-corrected chi connectivity index (χ0v) is 10.6. The molecule has 0 radical (unpaired) electrons. The molecule has 1 fully saturated rings. The minimum absolute atomic E-state index is 0.0687. The highest BCUT2D eigenvalue weighted by Gasteiger charge is 2.25. The normalized spacial score (nSPS) is 15.7. The summed E-state index contributed by atoms with van der Waals surface area (Å²) in [6, 6.07) is 5.13. The highest BCUT2D eigenvalue weighted by atomic mass is 19.1. The smallest absolute Gasteiger partial charge is 0.272 e. The van der Waals surface area contributed by atoms with Crippen LogP contribution in [-0.4, -0.2) is 28.8 Å². The Morgan fingerprint density at radius 2 is 2.10 bits per heavy atom. The van der Waals surface area contributed by atoms with E-state index in [1.807, 2.05) is 0 Å². The lowest BCUT2D eigenvalue weighted by Gasteiger charge is -2.29. The molecule has 1 saturated heterocycles. The van der Waals surface area contributed by atoms with E-state index in [1.165, 1.54) is 4.90 Å². The fourth-order valence-electron chi connectivity index (χ4n) is 2.17. The van der Waals surface area contributed by atoms with Gasteiger partial charge in [0.05, 0.1) is 22.6 Å². The maximum absolute atomic E-state index is 13.8. The van der Waals surface area contributed by atoms with E-state index in [-0.39, 0.29) is 17.2 Å². The van der Waals surface area contributed by atoms with Crippen LogP contribution >= 0.6 is 0 Å². The van der Waals surface area contributed by atoms with Crippen LogP contribution in [-0.2, 0) is 0 Å². The highest BCUT2D eigenvalue weighted by molar-refractivity contribution is 5.94. The lowest BCUT2D eigenvalue weighted by Crippen LogP contribution is -2.38. The molecule has 104 valence electrons. The number of piperidine rings is 1. The van der Waals surface area contributed by atoms with E-state index >= 15 is 0 Å². The van der Waals surface area contributed by atoms with Crippen molar-refractivity contribution in [2.45, 2.75) is 12.8 Å². The molecule has 1 aromatic carbocycles. The molecule has 0 atom stereocenters. The second kappa shape index (κ2) is 5.65. The van der Waals surface area contributed by atoms with Gasteiger partial charge in [-0.1, -0.05) is 0 Å². The van der Waals surface area contributed by atoms with Gasteiger partial charge in [0.25, 0.3) is 11.6 Å². The fraction of sp³-hybridized carbons (Fsp3) is 0.385. The quantitative estimate of drug-likeness (QED) is 0.611. The summed E-state index contributed by atoms with van der Waals surface area (Å²) in [5, 5.41) is 19.3. The van der Waals surface area contributed by atoms with Gasteiger partial charge < -0.3 is 4.90 Å². The topological polar surface area (TPSA) is 87.2 Å². The average Bonchev–Trinajstić information content (AvgIpc) is 2.46. The summed E-state index contributed by atoms with van der Waals surface area (Å²) in [6.07, 6.45) is 1.13. The average molecular weight is 277 g/mol. The predicted octanol–water partition coefficient (Wildman–Crippen LogP) is 2.11. The van der Waals surface area contributed by atoms with E-state index in [1.54, 1.807) is 0 Å². The number of amides is 1. The Balaban J connectivity index is 2.14. The monoisotopic (exact) mass is 277 g/mol. The van der Waals surface area contributed by atoms with Crippen molar-refractivity contribution in [1.82, 2.24) is 4.90 Å². The zero-order valence-electron chi connectivity index (χ0n) is 10.6. The van der Waals surface area contributed by atoms with Gasteiger partial charge in [-0.3, -0.25) is 14.9 Å². The lowest BCUT2D eigenvalue weighted by atomic mass is 9.98. The number of halogens is 1. The minimum Gasteiger partial charge on any atom is -0.338 e. The van der Waals surface area contributed by atoms with Gasteiger partial charge in [0.1, 0.15) is 5.82 Å². The Morgan fingerprint density at radius 1 is 1.45 bits per heavy atom. The van der Waals surface area contributed by atoms with Crippen LogP contribution in [0.4, 0.5) is 10.1 Å². The minimum atomic E-state index is -0.897. The predicted molar refractivity (Wildman–Crippen MR) is 67.3 cm³/mol. The van der Waals surface area contributed by atoms with Gasteiger partial charge in [0.15, 0.2) is 0 Å². The number of nitrogens with zero attached hydrogens (tertiary/aromatic N) is 3. The molecule has 0 aliphatic carbocycles. The number of non-ortho nitro benzene ring substituents is 1. The molecule has 6 nitrogen and oxygen atoms in total. The molecular formula is C13H12FN3O3. The number of hydrogen-bond acceptors (Lipinski definition) is 4. The first-order valence-electron chi connectivity index (χ1n) is 6.15. The Kier molecular flexibility index (Phi) is 3.94. The largest absolute Gasteiger partial charge is 0.338 e. The molecule has 0 unspecified atom stereocenters. The Hall–Kier alpha value is -2.49. The molecule has 1 aromatic rings. The van der Waals surface area contributed by atoms with Gasteiger partial charge in [-0.2, -0.15) is 5.26 Å². The van der Waals surface area contributed by atoms with E-state index < -0.39 is 16.6 Å². The van der Waals surface area contributed by atoms with Crippen LogP contribution in [0.15, 0.2) is 18.2 Å². The molecule has 1 aliphatic rings. The first-order valence-corrected chi connectivity index (χ1v) is 6.15. The number of carbonyl (C=O) groups is 1.